The Balaban J connectivity index is 2.08. The fourth-order valence-corrected chi connectivity index (χ4v) is 3.29. The quantitative estimate of drug-likeness (QED) is 0.785. The van der Waals surface area contributed by atoms with Crippen LogP contribution in [0.15, 0.2) is 18.2 Å². The number of aliphatic hydroxyl groups excluding tert-OH is 1. The molecule has 1 aliphatic rings. The van der Waals surface area contributed by atoms with Crippen molar-refractivity contribution in [3.05, 3.63) is 23.8 Å². The zero-order chi connectivity index (χ0) is 19.3. The first-order valence-electron chi connectivity index (χ1n) is 9.47. The number of carbonyl (C=O) groups is 1. The van der Waals surface area contributed by atoms with Gasteiger partial charge >= 0.3 is 6.09 Å². The molecule has 0 unspecified atom stereocenters. The molecule has 0 aromatic heterocycles. The van der Waals surface area contributed by atoms with Crippen molar-refractivity contribution in [2.24, 2.45) is 0 Å². The van der Waals surface area contributed by atoms with E-state index < -0.39 is 5.60 Å². The summed E-state index contributed by atoms with van der Waals surface area (Å²) < 4.78 is 5.52. The molecule has 1 aromatic carbocycles. The normalized spacial score (nSPS) is 18.0. The van der Waals surface area contributed by atoms with Crippen molar-refractivity contribution in [1.82, 2.24) is 4.90 Å². The average molecular weight is 364 g/mol. The van der Waals surface area contributed by atoms with Crippen LogP contribution in [0.5, 0.6) is 0 Å². The van der Waals surface area contributed by atoms with Gasteiger partial charge in [0.25, 0.3) is 0 Å². The monoisotopic (exact) mass is 363 g/mol. The minimum absolute atomic E-state index is 0.0678. The standard InChI is InChI=1S/C20H33N3O3/c1-6-7-16-12-17(8-9-18(16)21-14-24)22-10-11-23(15(2)13-22)19(25)26-20(3,4)5/h8-9,12,15,21,24H,6-7,10-11,13-14H2,1-5H3/t15-/m1/s1. The second-order valence-corrected chi connectivity index (χ2v) is 7.90. The number of nitrogens with one attached hydrogen (secondary N) is 1. The number of aliphatic hydroxyl groups is 1. The van der Waals surface area contributed by atoms with Crippen molar-refractivity contribution in [3.8, 4) is 0 Å². The van der Waals surface area contributed by atoms with Crippen molar-refractivity contribution >= 4 is 17.5 Å². The zero-order valence-corrected chi connectivity index (χ0v) is 16.7. The Morgan fingerprint density at radius 1 is 1.35 bits per heavy atom. The molecule has 0 saturated carbocycles. The van der Waals surface area contributed by atoms with Gasteiger partial charge in [-0.15, -0.1) is 0 Å². The van der Waals surface area contributed by atoms with Gasteiger partial charge in [-0.2, -0.15) is 0 Å². The predicted molar refractivity (Wildman–Crippen MR) is 106 cm³/mol. The lowest BCUT2D eigenvalue weighted by Crippen LogP contribution is -2.55. The van der Waals surface area contributed by atoms with Crippen molar-refractivity contribution in [1.29, 1.82) is 0 Å². The number of benzene rings is 1. The molecule has 6 nitrogen and oxygen atoms in total. The van der Waals surface area contributed by atoms with Gasteiger partial charge in [0.15, 0.2) is 0 Å². The molecular weight excluding hydrogens is 330 g/mol. The van der Waals surface area contributed by atoms with E-state index in [4.69, 9.17) is 9.84 Å². The summed E-state index contributed by atoms with van der Waals surface area (Å²) in [5, 5.41) is 12.2. The summed E-state index contributed by atoms with van der Waals surface area (Å²) in [7, 11) is 0. The van der Waals surface area contributed by atoms with E-state index in [1.807, 2.05) is 31.7 Å². The third-order valence-corrected chi connectivity index (χ3v) is 4.50. The van der Waals surface area contributed by atoms with Gasteiger partial charge in [0.05, 0.1) is 0 Å². The summed E-state index contributed by atoms with van der Waals surface area (Å²) in [6.45, 7) is 12.0. The van der Waals surface area contributed by atoms with Crippen LogP contribution in [0.4, 0.5) is 16.2 Å². The number of anilines is 2. The van der Waals surface area contributed by atoms with Crippen molar-refractivity contribution in [3.63, 3.8) is 0 Å². The number of amides is 1. The first-order valence-corrected chi connectivity index (χ1v) is 9.47. The Hall–Kier alpha value is -1.95. The minimum Gasteiger partial charge on any atom is -0.444 e. The molecule has 26 heavy (non-hydrogen) atoms. The molecule has 1 atom stereocenters. The lowest BCUT2D eigenvalue weighted by Gasteiger charge is -2.41. The van der Waals surface area contributed by atoms with Gasteiger partial charge < -0.3 is 25.0 Å². The number of hydrogen-bond donors (Lipinski definition) is 2. The lowest BCUT2D eigenvalue weighted by molar-refractivity contribution is 0.0159. The Morgan fingerprint density at radius 2 is 2.08 bits per heavy atom. The highest BCUT2D eigenvalue weighted by atomic mass is 16.6. The van der Waals surface area contributed by atoms with E-state index in [-0.39, 0.29) is 18.9 Å². The highest BCUT2D eigenvalue weighted by Crippen LogP contribution is 2.27. The summed E-state index contributed by atoms with van der Waals surface area (Å²) in [5.41, 5.74) is 2.88. The van der Waals surface area contributed by atoms with Gasteiger partial charge in [-0.25, -0.2) is 4.79 Å². The van der Waals surface area contributed by atoms with Gasteiger partial charge in [0.1, 0.15) is 12.3 Å². The van der Waals surface area contributed by atoms with Crippen molar-refractivity contribution in [2.75, 3.05) is 36.6 Å². The van der Waals surface area contributed by atoms with E-state index >= 15 is 0 Å². The number of aryl methyl sites for hydroxylation is 1. The summed E-state index contributed by atoms with van der Waals surface area (Å²) >= 11 is 0. The summed E-state index contributed by atoms with van der Waals surface area (Å²) in [6.07, 6.45) is 1.77. The second kappa shape index (κ2) is 8.62. The largest absolute Gasteiger partial charge is 0.444 e. The third-order valence-electron chi connectivity index (χ3n) is 4.50. The van der Waals surface area contributed by atoms with E-state index in [1.165, 1.54) is 5.56 Å². The molecule has 1 amide bonds. The van der Waals surface area contributed by atoms with E-state index in [9.17, 15) is 4.79 Å². The van der Waals surface area contributed by atoms with Crippen LogP contribution in [-0.2, 0) is 11.2 Å². The van der Waals surface area contributed by atoms with Gasteiger partial charge in [-0.3, -0.25) is 0 Å². The average Bonchev–Trinajstić information content (AvgIpc) is 2.55. The van der Waals surface area contributed by atoms with Crippen LogP contribution >= 0.6 is 0 Å². The molecule has 0 aliphatic carbocycles. The molecule has 1 saturated heterocycles. The molecule has 6 heteroatoms. The molecule has 0 spiro atoms. The van der Waals surface area contributed by atoms with Gasteiger partial charge in [0, 0.05) is 37.1 Å². The molecule has 2 N–H and O–H groups in total. The van der Waals surface area contributed by atoms with Crippen LogP contribution in [0, 0.1) is 0 Å². The Labute approximate surface area is 157 Å². The summed E-state index contributed by atoms with van der Waals surface area (Å²) in [6, 6.07) is 6.38. The van der Waals surface area contributed by atoms with Crippen LogP contribution < -0.4 is 10.2 Å². The summed E-state index contributed by atoms with van der Waals surface area (Å²) in [5.74, 6) is 0. The molecule has 146 valence electrons. The van der Waals surface area contributed by atoms with E-state index in [2.05, 4.69) is 36.2 Å². The van der Waals surface area contributed by atoms with Crippen molar-refractivity contribution in [2.45, 2.75) is 59.1 Å². The van der Waals surface area contributed by atoms with Gasteiger partial charge in [0.2, 0.25) is 0 Å². The lowest BCUT2D eigenvalue weighted by atomic mass is 10.1. The van der Waals surface area contributed by atoms with E-state index in [0.29, 0.717) is 6.54 Å². The molecule has 0 radical (unpaired) electrons. The fourth-order valence-electron chi connectivity index (χ4n) is 3.29. The SMILES string of the molecule is CCCc1cc(N2CCN(C(=O)OC(C)(C)C)[C@H](C)C2)ccc1NCO. The number of rotatable bonds is 5. The molecule has 2 rings (SSSR count). The fraction of sp³-hybridized carbons (Fsp3) is 0.650. The Kier molecular flexibility index (Phi) is 6.75. The highest BCUT2D eigenvalue weighted by molar-refractivity contribution is 5.69. The maximum atomic E-state index is 12.4. The van der Waals surface area contributed by atoms with E-state index in [0.717, 1.165) is 37.3 Å². The van der Waals surface area contributed by atoms with Crippen LogP contribution in [0.2, 0.25) is 0 Å². The smallest absolute Gasteiger partial charge is 0.410 e. The number of carbonyl (C=O) groups excluding carboxylic acids is 1. The molecule has 1 aromatic rings. The van der Waals surface area contributed by atoms with Crippen LogP contribution in [0.3, 0.4) is 0 Å². The predicted octanol–water partition coefficient (Wildman–Crippen LogP) is 3.45. The maximum Gasteiger partial charge on any atom is 0.410 e. The number of ether oxygens (including phenoxy) is 1. The number of piperazine rings is 1. The van der Waals surface area contributed by atoms with Crippen LogP contribution in [-0.4, -0.2) is 54.1 Å². The zero-order valence-electron chi connectivity index (χ0n) is 16.7. The highest BCUT2D eigenvalue weighted by Gasteiger charge is 2.31. The van der Waals surface area contributed by atoms with Crippen LogP contribution in [0.25, 0.3) is 0 Å². The van der Waals surface area contributed by atoms with Gasteiger partial charge in [-0.05, 0) is 57.9 Å². The molecule has 1 aliphatic heterocycles. The summed E-state index contributed by atoms with van der Waals surface area (Å²) in [4.78, 5) is 16.5. The van der Waals surface area contributed by atoms with Crippen LogP contribution in [0.1, 0.15) is 46.6 Å². The number of nitrogens with zero attached hydrogens (tertiary/aromatic N) is 2. The Morgan fingerprint density at radius 3 is 2.65 bits per heavy atom. The molecular formula is C20H33N3O3. The van der Waals surface area contributed by atoms with E-state index in [1.54, 1.807) is 0 Å². The topological polar surface area (TPSA) is 65.0 Å². The molecule has 1 heterocycles. The van der Waals surface area contributed by atoms with Gasteiger partial charge in [-0.1, -0.05) is 13.3 Å². The Bertz CT molecular complexity index is 613. The molecule has 1 fully saturated rings. The first-order chi connectivity index (χ1) is 12.2. The third kappa shape index (κ3) is 5.27. The first kappa shape index (κ1) is 20.4. The maximum absolute atomic E-state index is 12.4. The number of hydrogen-bond acceptors (Lipinski definition) is 5. The minimum atomic E-state index is -0.474. The second-order valence-electron chi connectivity index (χ2n) is 7.90. The molecule has 0 bridgehead atoms. The van der Waals surface area contributed by atoms with Crippen molar-refractivity contribution < 1.29 is 14.6 Å².